The Balaban J connectivity index is 2.00. The monoisotopic (exact) mass is 290 g/mol. The molecule has 0 saturated carbocycles. The number of nitrogens with zero attached hydrogens (tertiary/aromatic N) is 2. The van der Waals surface area contributed by atoms with E-state index >= 15 is 0 Å². The van der Waals surface area contributed by atoms with Crippen molar-refractivity contribution in [1.29, 1.82) is 0 Å². The highest BCUT2D eigenvalue weighted by molar-refractivity contribution is 7.98. The van der Waals surface area contributed by atoms with Gasteiger partial charge in [0.1, 0.15) is 5.03 Å². The van der Waals surface area contributed by atoms with Gasteiger partial charge in [0, 0.05) is 24.4 Å². The average molecular weight is 290 g/mol. The molecule has 106 valence electrons. The number of aromatic nitrogens is 3. The third kappa shape index (κ3) is 3.60. The molecule has 2 aromatic rings. The van der Waals surface area contributed by atoms with E-state index in [-0.39, 0.29) is 11.9 Å². The fourth-order valence-corrected chi connectivity index (χ4v) is 2.52. The molecule has 5 nitrogen and oxygen atoms in total. The molecule has 2 rings (SSSR count). The van der Waals surface area contributed by atoms with Crippen molar-refractivity contribution in [2.45, 2.75) is 31.3 Å². The lowest BCUT2D eigenvalue weighted by Crippen LogP contribution is -2.34. The number of amides is 1. The van der Waals surface area contributed by atoms with E-state index in [0.29, 0.717) is 12.0 Å². The summed E-state index contributed by atoms with van der Waals surface area (Å²) >= 11 is 1.47. The lowest BCUT2D eigenvalue weighted by atomic mass is 10.1. The van der Waals surface area contributed by atoms with Gasteiger partial charge in [-0.25, -0.2) is 4.98 Å². The van der Waals surface area contributed by atoms with Crippen molar-refractivity contribution < 1.29 is 4.79 Å². The Kier molecular flexibility index (Phi) is 4.79. The molecular formula is C14H18N4OS. The first-order valence-corrected chi connectivity index (χ1v) is 7.63. The molecule has 2 aromatic heterocycles. The molecule has 0 spiro atoms. The van der Waals surface area contributed by atoms with Gasteiger partial charge >= 0.3 is 0 Å². The number of carbonyl (C=O) groups is 1. The molecule has 2 heterocycles. The maximum absolute atomic E-state index is 12.2. The van der Waals surface area contributed by atoms with Gasteiger partial charge in [0.25, 0.3) is 5.91 Å². The second-order valence-corrected chi connectivity index (χ2v) is 5.48. The number of nitrogens with one attached hydrogen (secondary N) is 2. The van der Waals surface area contributed by atoms with Crippen LogP contribution in [0.4, 0.5) is 0 Å². The van der Waals surface area contributed by atoms with E-state index in [1.165, 1.54) is 11.8 Å². The van der Waals surface area contributed by atoms with Crippen LogP contribution in [0.3, 0.4) is 0 Å². The fraction of sp³-hybridized carbons (Fsp3) is 0.357. The summed E-state index contributed by atoms with van der Waals surface area (Å²) in [7, 11) is 0. The summed E-state index contributed by atoms with van der Waals surface area (Å²) in [6, 6.07) is 5.57. The SMILES string of the molecule is CSc1ncccc1C(=O)N[C@@H](C)Cc1cc(C)[nH]n1. The van der Waals surface area contributed by atoms with Crippen LogP contribution < -0.4 is 5.32 Å². The number of H-pyrrole nitrogens is 1. The summed E-state index contributed by atoms with van der Waals surface area (Å²) in [6.45, 7) is 3.93. The Labute approximate surface area is 122 Å². The first-order chi connectivity index (χ1) is 9.60. The Morgan fingerprint density at radius 2 is 2.35 bits per heavy atom. The van der Waals surface area contributed by atoms with Crippen LogP contribution in [0.2, 0.25) is 0 Å². The molecule has 0 aliphatic heterocycles. The summed E-state index contributed by atoms with van der Waals surface area (Å²) in [4.78, 5) is 16.4. The van der Waals surface area contributed by atoms with E-state index < -0.39 is 0 Å². The van der Waals surface area contributed by atoms with Crippen LogP contribution in [-0.4, -0.2) is 33.4 Å². The van der Waals surface area contributed by atoms with Crippen molar-refractivity contribution in [3.05, 3.63) is 41.3 Å². The minimum absolute atomic E-state index is 0.0140. The molecule has 1 amide bonds. The van der Waals surface area contributed by atoms with Crippen molar-refractivity contribution in [2.24, 2.45) is 0 Å². The molecule has 2 N–H and O–H groups in total. The van der Waals surface area contributed by atoms with Crippen LogP contribution in [0.1, 0.15) is 28.7 Å². The van der Waals surface area contributed by atoms with Gasteiger partial charge in [-0.1, -0.05) is 0 Å². The average Bonchev–Trinajstić information content (AvgIpc) is 2.83. The number of aromatic amines is 1. The highest BCUT2D eigenvalue weighted by Gasteiger charge is 2.15. The van der Waals surface area contributed by atoms with Gasteiger partial charge in [-0.15, -0.1) is 11.8 Å². The molecule has 0 aromatic carbocycles. The Morgan fingerprint density at radius 3 is 3.00 bits per heavy atom. The number of aryl methyl sites for hydroxylation is 1. The minimum Gasteiger partial charge on any atom is -0.349 e. The van der Waals surface area contributed by atoms with Crippen LogP contribution in [0.5, 0.6) is 0 Å². The van der Waals surface area contributed by atoms with Crippen molar-refractivity contribution in [3.8, 4) is 0 Å². The molecule has 0 fully saturated rings. The highest BCUT2D eigenvalue weighted by atomic mass is 32.2. The Bertz CT molecular complexity index is 596. The fourth-order valence-electron chi connectivity index (χ4n) is 1.97. The Hall–Kier alpha value is -1.82. The first-order valence-electron chi connectivity index (χ1n) is 6.41. The van der Waals surface area contributed by atoms with Crippen molar-refractivity contribution in [2.75, 3.05) is 6.26 Å². The molecule has 6 heteroatoms. The maximum atomic E-state index is 12.2. The normalized spacial score (nSPS) is 12.2. The second-order valence-electron chi connectivity index (χ2n) is 4.68. The first kappa shape index (κ1) is 14.6. The molecule has 0 bridgehead atoms. The van der Waals surface area contributed by atoms with Crippen LogP contribution in [0, 0.1) is 6.92 Å². The molecule has 20 heavy (non-hydrogen) atoms. The smallest absolute Gasteiger partial charge is 0.254 e. The van der Waals surface area contributed by atoms with Gasteiger partial charge in [0.15, 0.2) is 0 Å². The molecule has 0 saturated heterocycles. The predicted octanol–water partition coefficient (Wildman–Crippen LogP) is 2.20. The van der Waals surface area contributed by atoms with Crippen LogP contribution in [-0.2, 0) is 6.42 Å². The van der Waals surface area contributed by atoms with Crippen LogP contribution >= 0.6 is 11.8 Å². The van der Waals surface area contributed by atoms with Gasteiger partial charge in [-0.2, -0.15) is 5.10 Å². The lowest BCUT2D eigenvalue weighted by molar-refractivity contribution is 0.0936. The van der Waals surface area contributed by atoms with Gasteiger partial charge in [0.05, 0.1) is 11.3 Å². The van der Waals surface area contributed by atoms with Gasteiger partial charge in [-0.3, -0.25) is 9.89 Å². The summed E-state index contributed by atoms with van der Waals surface area (Å²) < 4.78 is 0. The quantitative estimate of drug-likeness (QED) is 0.828. The summed E-state index contributed by atoms with van der Waals surface area (Å²) in [5.41, 5.74) is 2.59. The van der Waals surface area contributed by atoms with E-state index in [0.717, 1.165) is 16.4 Å². The zero-order chi connectivity index (χ0) is 14.5. The zero-order valence-electron chi connectivity index (χ0n) is 11.8. The lowest BCUT2D eigenvalue weighted by Gasteiger charge is -2.13. The largest absolute Gasteiger partial charge is 0.349 e. The molecule has 1 atom stereocenters. The topological polar surface area (TPSA) is 70.7 Å². The number of hydrogen-bond donors (Lipinski definition) is 2. The third-order valence-electron chi connectivity index (χ3n) is 2.86. The molecule has 0 aliphatic carbocycles. The third-order valence-corrected chi connectivity index (χ3v) is 3.57. The number of pyridine rings is 1. The molecular weight excluding hydrogens is 272 g/mol. The highest BCUT2D eigenvalue weighted by Crippen LogP contribution is 2.16. The van der Waals surface area contributed by atoms with Gasteiger partial charge < -0.3 is 5.32 Å². The zero-order valence-corrected chi connectivity index (χ0v) is 12.6. The van der Waals surface area contributed by atoms with Crippen molar-refractivity contribution in [1.82, 2.24) is 20.5 Å². The molecule has 0 aliphatic rings. The van der Waals surface area contributed by atoms with E-state index in [9.17, 15) is 4.79 Å². The number of carbonyl (C=O) groups excluding carboxylic acids is 1. The minimum atomic E-state index is -0.0952. The van der Waals surface area contributed by atoms with E-state index in [1.54, 1.807) is 18.3 Å². The van der Waals surface area contributed by atoms with Crippen molar-refractivity contribution >= 4 is 17.7 Å². The van der Waals surface area contributed by atoms with E-state index in [1.807, 2.05) is 26.2 Å². The number of rotatable bonds is 5. The van der Waals surface area contributed by atoms with E-state index in [4.69, 9.17) is 0 Å². The predicted molar refractivity (Wildman–Crippen MR) is 80.0 cm³/mol. The van der Waals surface area contributed by atoms with Crippen LogP contribution in [0.15, 0.2) is 29.4 Å². The second kappa shape index (κ2) is 6.56. The summed E-state index contributed by atoms with van der Waals surface area (Å²) in [6.07, 6.45) is 4.30. The van der Waals surface area contributed by atoms with E-state index in [2.05, 4.69) is 20.5 Å². The van der Waals surface area contributed by atoms with Gasteiger partial charge in [0.2, 0.25) is 0 Å². The Morgan fingerprint density at radius 1 is 1.55 bits per heavy atom. The number of thioether (sulfide) groups is 1. The number of hydrogen-bond acceptors (Lipinski definition) is 4. The summed E-state index contributed by atoms with van der Waals surface area (Å²) in [5, 5.41) is 10.8. The van der Waals surface area contributed by atoms with Crippen LogP contribution in [0.25, 0.3) is 0 Å². The molecule has 0 radical (unpaired) electrons. The summed E-state index contributed by atoms with van der Waals surface area (Å²) in [5.74, 6) is -0.0952. The standard InChI is InChI=1S/C14H18N4OS/c1-9(7-11-8-10(2)17-18-11)16-13(19)12-5-4-6-15-14(12)20-3/h4-6,8-9H,7H2,1-3H3,(H,16,19)(H,17,18)/t9-/m0/s1. The maximum Gasteiger partial charge on any atom is 0.254 e. The van der Waals surface area contributed by atoms with Crippen molar-refractivity contribution in [3.63, 3.8) is 0 Å². The molecule has 0 unspecified atom stereocenters. The van der Waals surface area contributed by atoms with Gasteiger partial charge in [-0.05, 0) is 38.3 Å².